The molecule has 4 rings (SSSR count). The van der Waals surface area contributed by atoms with E-state index in [4.69, 9.17) is 9.72 Å². The second-order valence-electron chi connectivity index (χ2n) is 7.76. The number of fused-ring (bicyclic) bond motifs is 1. The van der Waals surface area contributed by atoms with Crippen molar-refractivity contribution in [1.29, 1.82) is 0 Å². The van der Waals surface area contributed by atoms with Crippen LogP contribution in [0.15, 0.2) is 54.6 Å². The van der Waals surface area contributed by atoms with E-state index in [1.165, 1.54) is 0 Å². The Morgan fingerprint density at radius 1 is 1.14 bits per heavy atom. The molecule has 0 amide bonds. The van der Waals surface area contributed by atoms with Crippen molar-refractivity contribution in [2.45, 2.75) is 32.1 Å². The molecule has 1 fully saturated rings. The number of sulfone groups is 1. The highest BCUT2D eigenvalue weighted by Crippen LogP contribution is 2.25. The summed E-state index contributed by atoms with van der Waals surface area (Å²) in [6, 6.07) is 17.7. The molecular weight excluding hydrogens is 388 g/mol. The first kappa shape index (κ1) is 20.1. The van der Waals surface area contributed by atoms with Gasteiger partial charge in [0.05, 0.1) is 48.4 Å². The van der Waals surface area contributed by atoms with Gasteiger partial charge in [-0.05, 0) is 30.0 Å². The van der Waals surface area contributed by atoms with Crippen LogP contribution in [-0.4, -0.2) is 47.3 Å². The molecule has 0 saturated carbocycles. The minimum atomic E-state index is -2.93. The highest BCUT2D eigenvalue weighted by Gasteiger charge is 2.29. The molecule has 0 radical (unpaired) electrons. The Morgan fingerprint density at radius 3 is 2.66 bits per heavy atom. The molecule has 0 unspecified atom stereocenters. The molecule has 0 spiro atoms. The summed E-state index contributed by atoms with van der Waals surface area (Å²) < 4.78 is 31.3. The summed E-state index contributed by atoms with van der Waals surface area (Å²) in [5.74, 6) is 1.39. The molecule has 3 aromatic rings. The molecule has 7 heteroatoms. The number of benzene rings is 2. The fourth-order valence-electron chi connectivity index (χ4n) is 3.93. The van der Waals surface area contributed by atoms with Gasteiger partial charge in [0.25, 0.3) is 0 Å². The maximum absolute atomic E-state index is 11.8. The molecule has 0 aliphatic carbocycles. The van der Waals surface area contributed by atoms with Crippen LogP contribution in [-0.2, 0) is 34.1 Å². The third kappa shape index (κ3) is 5.04. The zero-order chi connectivity index (χ0) is 20.3. The van der Waals surface area contributed by atoms with Crippen LogP contribution in [0.1, 0.15) is 17.8 Å². The van der Waals surface area contributed by atoms with Crippen molar-refractivity contribution in [3.63, 3.8) is 0 Å². The van der Waals surface area contributed by atoms with Crippen LogP contribution >= 0.6 is 0 Å². The molecule has 1 aliphatic rings. The number of imidazole rings is 1. The quantitative estimate of drug-likeness (QED) is 0.613. The second-order valence-corrected chi connectivity index (χ2v) is 9.98. The molecule has 1 aromatic heterocycles. The van der Waals surface area contributed by atoms with Gasteiger partial charge in [0, 0.05) is 6.42 Å². The topological polar surface area (TPSA) is 81.4 Å². The van der Waals surface area contributed by atoms with Crippen molar-refractivity contribution in [2.24, 2.45) is 5.92 Å². The number of aromatic nitrogens is 2. The molecule has 2 aromatic carbocycles. The van der Waals surface area contributed by atoms with Crippen LogP contribution in [0.25, 0.3) is 11.0 Å². The number of rotatable bonds is 8. The fraction of sp³-hybridized carbons (Fsp3) is 0.409. The Bertz CT molecular complexity index is 1060. The first-order chi connectivity index (χ1) is 14.0. The number of hydrogen-bond acceptors (Lipinski definition) is 5. The van der Waals surface area contributed by atoms with E-state index in [0.29, 0.717) is 26.0 Å². The number of ether oxygens (including phenoxy) is 1. The van der Waals surface area contributed by atoms with Gasteiger partial charge in [-0.15, -0.1) is 0 Å². The average Bonchev–Trinajstić information content (AvgIpc) is 3.22. The third-order valence-corrected chi connectivity index (χ3v) is 7.18. The minimum absolute atomic E-state index is 0.0852. The van der Waals surface area contributed by atoms with Crippen LogP contribution in [0.3, 0.4) is 0 Å². The van der Waals surface area contributed by atoms with Gasteiger partial charge in [-0.1, -0.05) is 42.5 Å². The SMILES string of the molecule is O=S1(=O)CC[C@H](Cc2nc3ccccc3n2C[C@@H](O)COCc2ccccc2)C1. The van der Waals surface area contributed by atoms with Crippen molar-refractivity contribution in [3.8, 4) is 0 Å². The Kier molecular flexibility index (Phi) is 5.99. The smallest absolute Gasteiger partial charge is 0.150 e. The largest absolute Gasteiger partial charge is 0.389 e. The lowest BCUT2D eigenvalue weighted by molar-refractivity contribution is 0.0205. The van der Waals surface area contributed by atoms with Crippen molar-refractivity contribution in [3.05, 3.63) is 66.0 Å². The van der Waals surface area contributed by atoms with Gasteiger partial charge in [0.15, 0.2) is 9.84 Å². The molecule has 1 N–H and O–H groups in total. The standard InChI is InChI=1S/C22H26N2O4S/c25-19(15-28-14-17-6-2-1-3-7-17)13-24-21-9-5-4-8-20(21)23-22(24)12-18-10-11-29(26,27)16-18/h1-9,18-19,25H,10-16H2/t18-,19-/m1/s1. The molecule has 154 valence electrons. The van der Waals surface area contributed by atoms with Crippen molar-refractivity contribution >= 4 is 20.9 Å². The summed E-state index contributed by atoms with van der Waals surface area (Å²) in [4.78, 5) is 4.72. The molecule has 0 bridgehead atoms. The Hall–Kier alpha value is -2.22. The van der Waals surface area contributed by atoms with E-state index in [9.17, 15) is 13.5 Å². The number of aliphatic hydroxyl groups excluding tert-OH is 1. The first-order valence-corrected chi connectivity index (χ1v) is 11.8. The van der Waals surface area contributed by atoms with Crippen LogP contribution in [0.5, 0.6) is 0 Å². The molecule has 29 heavy (non-hydrogen) atoms. The van der Waals surface area contributed by atoms with Gasteiger partial charge >= 0.3 is 0 Å². The highest BCUT2D eigenvalue weighted by molar-refractivity contribution is 7.91. The maximum atomic E-state index is 11.8. The molecule has 2 heterocycles. The summed E-state index contributed by atoms with van der Waals surface area (Å²) >= 11 is 0. The highest BCUT2D eigenvalue weighted by atomic mass is 32.2. The summed E-state index contributed by atoms with van der Waals surface area (Å²) in [6.07, 6.45) is 0.599. The van der Waals surface area contributed by atoms with E-state index in [-0.39, 0.29) is 24.0 Å². The number of nitrogens with zero attached hydrogens (tertiary/aromatic N) is 2. The summed E-state index contributed by atoms with van der Waals surface area (Å²) in [6.45, 7) is 1.04. The predicted octanol–water partition coefficient (Wildman–Crippen LogP) is 2.59. The first-order valence-electron chi connectivity index (χ1n) is 9.94. The van der Waals surface area contributed by atoms with Gasteiger partial charge in [0.2, 0.25) is 0 Å². The van der Waals surface area contributed by atoms with Crippen molar-refractivity contribution in [2.75, 3.05) is 18.1 Å². The van der Waals surface area contributed by atoms with Crippen molar-refractivity contribution < 1.29 is 18.3 Å². The van der Waals surface area contributed by atoms with Gasteiger partial charge in [-0.3, -0.25) is 0 Å². The lowest BCUT2D eigenvalue weighted by Crippen LogP contribution is -2.24. The number of hydrogen-bond donors (Lipinski definition) is 1. The normalized spacial score (nSPS) is 19.6. The zero-order valence-electron chi connectivity index (χ0n) is 16.3. The van der Waals surface area contributed by atoms with Crippen LogP contribution in [0, 0.1) is 5.92 Å². The average molecular weight is 415 g/mol. The van der Waals surface area contributed by atoms with Gasteiger partial charge in [-0.2, -0.15) is 0 Å². The lowest BCUT2D eigenvalue weighted by atomic mass is 10.1. The number of aliphatic hydroxyl groups is 1. The molecule has 6 nitrogen and oxygen atoms in total. The summed E-state index contributed by atoms with van der Waals surface area (Å²) in [7, 11) is -2.93. The van der Waals surface area contributed by atoms with Gasteiger partial charge in [0.1, 0.15) is 5.82 Å². The summed E-state index contributed by atoms with van der Waals surface area (Å²) in [5.41, 5.74) is 2.88. The Morgan fingerprint density at radius 2 is 1.90 bits per heavy atom. The van der Waals surface area contributed by atoms with E-state index in [2.05, 4.69) is 0 Å². The van der Waals surface area contributed by atoms with Crippen molar-refractivity contribution in [1.82, 2.24) is 9.55 Å². The monoisotopic (exact) mass is 414 g/mol. The Balaban J connectivity index is 1.45. The molecule has 1 aliphatic heterocycles. The van der Waals surface area contributed by atoms with E-state index in [1.807, 2.05) is 59.2 Å². The minimum Gasteiger partial charge on any atom is -0.389 e. The van der Waals surface area contributed by atoms with E-state index in [1.54, 1.807) is 0 Å². The fourth-order valence-corrected chi connectivity index (χ4v) is 5.79. The van der Waals surface area contributed by atoms with Crippen LogP contribution < -0.4 is 0 Å². The predicted molar refractivity (Wildman–Crippen MR) is 112 cm³/mol. The molecule has 2 atom stereocenters. The zero-order valence-corrected chi connectivity index (χ0v) is 17.1. The van der Waals surface area contributed by atoms with Crippen LogP contribution in [0.2, 0.25) is 0 Å². The third-order valence-electron chi connectivity index (χ3n) is 5.35. The van der Waals surface area contributed by atoms with E-state index in [0.717, 1.165) is 22.4 Å². The van der Waals surface area contributed by atoms with E-state index < -0.39 is 15.9 Å². The second kappa shape index (κ2) is 8.65. The van der Waals surface area contributed by atoms with E-state index >= 15 is 0 Å². The van der Waals surface area contributed by atoms with Gasteiger partial charge < -0.3 is 14.4 Å². The maximum Gasteiger partial charge on any atom is 0.150 e. The molecular formula is C22H26N2O4S. The summed E-state index contributed by atoms with van der Waals surface area (Å²) in [5, 5.41) is 10.6. The lowest BCUT2D eigenvalue weighted by Gasteiger charge is -2.16. The molecule has 1 saturated heterocycles. The Labute approximate surface area is 171 Å². The van der Waals surface area contributed by atoms with Crippen LogP contribution in [0.4, 0.5) is 0 Å². The number of para-hydroxylation sites is 2. The van der Waals surface area contributed by atoms with Gasteiger partial charge in [-0.25, -0.2) is 13.4 Å².